The van der Waals surface area contributed by atoms with Crippen molar-refractivity contribution in [1.82, 2.24) is 14.5 Å². The van der Waals surface area contributed by atoms with Gasteiger partial charge in [-0.25, -0.2) is 9.97 Å². The van der Waals surface area contributed by atoms with E-state index in [2.05, 4.69) is 174 Å². The third kappa shape index (κ3) is 5.84. The van der Waals surface area contributed by atoms with Crippen molar-refractivity contribution in [3.8, 4) is 67.9 Å². The topological polar surface area (TPSA) is 54.5 Å². The molecule has 4 heteroatoms. The van der Waals surface area contributed by atoms with E-state index < -0.39 is 0 Å². The highest BCUT2D eigenvalue weighted by atomic mass is 15.0. The van der Waals surface area contributed by atoms with Crippen molar-refractivity contribution < 1.29 is 0 Å². The van der Waals surface area contributed by atoms with Gasteiger partial charge in [-0.1, -0.05) is 158 Å². The van der Waals surface area contributed by atoms with Crippen LogP contribution in [-0.4, -0.2) is 14.5 Å². The summed E-state index contributed by atoms with van der Waals surface area (Å²) in [6.45, 7) is 0. The van der Waals surface area contributed by atoms with Crippen molar-refractivity contribution in [3.05, 3.63) is 212 Å². The van der Waals surface area contributed by atoms with Crippen molar-refractivity contribution in [2.24, 2.45) is 0 Å². The fourth-order valence-electron chi connectivity index (χ4n) is 8.71. The number of aromatic nitrogens is 3. The normalized spacial score (nSPS) is 11.4. The highest BCUT2D eigenvalue weighted by molar-refractivity contribution is 6.12. The fraction of sp³-hybridized carbons (Fsp3) is 0. The lowest BCUT2D eigenvalue weighted by atomic mass is 9.91. The van der Waals surface area contributed by atoms with E-state index >= 15 is 0 Å². The van der Waals surface area contributed by atoms with Crippen LogP contribution in [0, 0.1) is 11.3 Å². The Balaban J connectivity index is 1.08. The van der Waals surface area contributed by atoms with E-state index in [1.165, 1.54) is 32.9 Å². The fourth-order valence-corrected chi connectivity index (χ4v) is 8.71. The van der Waals surface area contributed by atoms with Crippen LogP contribution in [0.3, 0.4) is 0 Å². The summed E-state index contributed by atoms with van der Waals surface area (Å²) < 4.78 is 2.36. The minimum atomic E-state index is 0.644. The molecule has 0 aliphatic carbocycles. The molecule has 0 radical (unpaired) electrons. The van der Waals surface area contributed by atoms with Crippen LogP contribution in [0.15, 0.2) is 206 Å². The number of para-hydroxylation sites is 2. The molecule has 274 valence electrons. The maximum atomic E-state index is 9.40. The summed E-state index contributed by atoms with van der Waals surface area (Å²) in [5, 5.41) is 16.4. The Hall–Kier alpha value is -8.13. The second kappa shape index (κ2) is 14.1. The second-order valence-corrected chi connectivity index (χ2v) is 14.8. The molecule has 0 spiro atoms. The Kier molecular flexibility index (Phi) is 8.17. The SMILES string of the molecule is N#Cc1ccc(-c2ccc(-c3cc(-c4ccc(-c5ccc6c(c5)c5ccccc5n6-c5ccccc5)c5ccccc45)nc(-c4ccccc4)n3)c3ccccc23)cc1. The number of rotatable bonds is 6. The van der Waals surface area contributed by atoms with Crippen molar-refractivity contribution in [1.29, 1.82) is 5.26 Å². The average Bonchev–Trinajstić information content (AvgIpc) is 3.65. The minimum absolute atomic E-state index is 0.644. The minimum Gasteiger partial charge on any atom is -0.309 e. The van der Waals surface area contributed by atoms with E-state index in [0.717, 1.165) is 66.4 Å². The molecule has 11 rings (SSSR count). The van der Waals surface area contributed by atoms with Gasteiger partial charge in [-0.15, -0.1) is 0 Å². The van der Waals surface area contributed by atoms with Gasteiger partial charge in [-0.3, -0.25) is 0 Å². The van der Waals surface area contributed by atoms with E-state index in [0.29, 0.717) is 11.4 Å². The molecule has 0 atom stereocenters. The zero-order valence-corrected chi connectivity index (χ0v) is 31.9. The van der Waals surface area contributed by atoms with Gasteiger partial charge >= 0.3 is 0 Å². The van der Waals surface area contributed by atoms with Crippen LogP contribution in [-0.2, 0) is 0 Å². The maximum absolute atomic E-state index is 9.40. The predicted octanol–water partition coefficient (Wildman–Crippen LogP) is 14.1. The Morgan fingerprint density at radius 2 is 0.831 bits per heavy atom. The summed E-state index contributed by atoms with van der Waals surface area (Å²) in [5.74, 6) is 0.673. The molecule has 0 saturated heterocycles. The molecule has 0 saturated carbocycles. The number of hydrogen-bond acceptors (Lipinski definition) is 3. The first-order valence-electron chi connectivity index (χ1n) is 19.8. The number of nitrogens with zero attached hydrogens (tertiary/aromatic N) is 4. The molecule has 0 fully saturated rings. The van der Waals surface area contributed by atoms with E-state index in [9.17, 15) is 5.26 Å². The quantitative estimate of drug-likeness (QED) is 0.170. The number of fused-ring (bicyclic) bond motifs is 5. The molecule has 0 aliphatic rings. The summed E-state index contributed by atoms with van der Waals surface area (Å²) >= 11 is 0. The van der Waals surface area contributed by atoms with Crippen LogP contribution in [0.4, 0.5) is 0 Å². The molecular weight excluding hydrogens is 717 g/mol. The summed E-state index contributed by atoms with van der Waals surface area (Å²) in [7, 11) is 0. The lowest BCUT2D eigenvalue weighted by Gasteiger charge is -2.16. The zero-order chi connectivity index (χ0) is 39.3. The van der Waals surface area contributed by atoms with Gasteiger partial charge in [0.15, 0.2) is 5.82 Å². The molecule has 0 bridgehead atoms. The molecule has 0 aliphatic heterocycles. The van der Waals surface area contributed by atoms with Crippen LogP contribution in [0.2, 0.25) is 0 Å². The largest absolute Gasteiger partial charge is 0.309 e. The van der Waals surface area contributed by atoms with Gasteiger partial charge in [0.05, 0.1) is 34.1 Å². The lowest BCUT2D eigenvalue weighted by molar-refractivity contribution is 1.18. The van der Waals surface area contributed by atoms with Crippen LogP contribution >= 0.6 is 0 Å². The number of benzene rings is 9. The standard InChI is InChI=1S/C55H34N4/c56-35-36-23-25-37(26-24-36)41-28-30-47(45-19-9-7-17-43(41)45)51-34-52(58-55(57-51)38-13-3-1-4-14-38)48-31-29-42(44-18-8-10-20-46(44)48)39-27-32-54-50(33-39)49-21-11-12-22-53(49)59(54)40-15-5-2-6-16-40/h1-34H. The molecule has 0 N–H and O–H groups in total. The van der Waals surface area contributed by atoms with Gasteiger partial charge in [0, 0.05) is 33.2 Å². The number of nitriles is 1. The third-order valence-corrected chi connectivity index (χ3v) is 11.5. The first-order valence-corrected chi connectivity index (χ1v) is 19.8. The first kappa shape index (κ1) is 34.1. The molecular formula is C55H34N4. The second-order valence-electron chi connectivity index (χ2n) is 14.8. The Morgan fingerprint density at radius 1 is 0.356 bits per heavy atom. The summed E-state index contributed by atoms with van der Waals surface area (Å²) in [6, 6.07) is 74.5. The van der Waals surface area contributed by atoms with E-state index in [4.69, 9.17) is 9.97 Å². The van der Waals surface area contributed by atoms with E-state index in [1.54, 1.807) is 0 Å². The first-order chi connectivity index (χ1) is 29.2. The van der Waals surface area contributed by atoms with Crippen molar-refractivity contribution in [2.45, 2.75) is 0 Å². The van der Waals surface area contributed by atoms with Crippen LogP contribution in [0.1, 0.15) is 5.56 Å². The molecule has 4 nitrogen and oxygen atoms in total. The summed E-state index contributed by atoms with van der Waals surface area (Å²) in [4.78, 5) is 10.5. The molecule has 2 heterocycles. The van der Waals surface area contributed by atoms with Crippen LogP contribution in [0.25, 0.3) is 105 Å². The zero-order valence-electron chi connectivity index (χ0n) is 31.9. The van der Waals surface area contributed by atoms with Gasteiger partial charge < -0.3 is 4.57 Å². The van der Waals surface area contributed by atoms with E-state index in [-0.39, 0.29) is 0 Å². The smallest absolute Gasteiger partial charge is 0.160 e. The third-order valence-electron chi connectivity index (χ3n) is 11.5. The molecule has 2 aromatic heterocycles. The van der Waals surface area contributed by atoms with Gasteiger partial charge in [0.1, 0.15) is 0 Å². The average molecular weight is 751 g/mol. The Labute approximate surface area is 341 Å². The lowest BCUT2D eigenvalue weighted by Crippen LogP contribution is -1.97. The van der Waals surface area contributed by atoms with Gasteiger partial charge in [-0.05, 0) is 92.3 Å². The number of hydrogen-bond donors (Lipinski definition) is 0. The van der Waals surface area contributed by atoms with Crippen molar-refractivity contribution >= 4 is 43.4 Å². The Morgan fingerprint density at radius 3 is 1.44 bits per heavy atom. The monoisotopic (exact) mass is 750 g/mol. The van der Waals surface area contributed by atoms with Gasteiger partial charge in [0.25, 0.3) is 0 Å². The van der Waals surface area contributed by atoms with Gasteiger partial charge in [-0.2, -0.15) is 5.26 Å². The van der Waals surface area contributed by atoms with E-state index in [1.807, 2.05) is 42.5 Å². The maximum Gasteiger partial charge on any atom is 0.160 e. The molecule has 0 amide bonds. The predicted molar refractivity (Wildman–Crippen MR) is 243 cm³/mol. The highest BCUT2D eigenvalue weighted by Gasteiger charge is 2.18. The summed E-state index contributed by atoms with van der Waals surface area (Å²) in [5.41, 5.74) is 13.4. The molecule has 9 aromatic carbocycles. The molecule has 59 heavy (non-hydrogen) atoms. The van der Waals surface area contributed by atoms with Gasteiger partial charge in [0.2, 0.25) is 0 Å². The Bertz CT molecular complexity index is 3430. The van der Waals surface area contributed by atoms with Crippen LogP contribution < -0.4 is 0 Å². The molecule has 11 aromatic rings. The van der Waals surface area contributed by atoms with Crippen molar-refractivity contribution in [2.75, 3.05) is 0 Å². The molecule has 0 unspecified atom stereocenters. The summed E-state index contributed by atoms with van der Waals surface area (Å²) in [6.07, 6.45) is 0. The highest BCUT2D eigenvalue weighted by Crippen LogP contribution is 2.41. The van der Waals surface area contributed by atoms with Crippen molar-refractivity contribution in [3.63, 3.8) is 0 Å². The van der Waals surface area contributed by atoms with Crippen LogP contribution in [0.5, 0.6) is 0 Å².